The fraction of sp³-hybridized carbons (Fsp3) is 0.280. The van der Waals surface area contributed by atoms with Crippen LogP contribution in [-0.2, 0) is 15.9 Å². The average Bonchev–Trinajstić information content (AvgIpc) is 3.49. The summed E-state index contributed by atoms with van der Waals surface area (Å²) in [6.45, 7) is 2.44. The molecule has 1 aliphatic rings. The van der Waals surface area contributed by atoms with E-state index in [1.807, 2.05) is 13.0 Å². The summed E-state index contributed by atoms with van der Waals surface area (Å²) in [7, 11) is 1.18. The molecule has 10 nitrogen and oxygen atoms in total. The van der Waals surface area contributed by atoms with Gasteiger partial charge in [-0.25, -0.2) is 28.3 Å². The molecule has 0 radical (unpaired) electrons. The highest BCUT2D eigenvalue weighted by molar-refractivity contribution is 5.87. The van der Waals surface area contributed by atoms with Gasteiger partial charge in [0.1, 0.15) is 23.5 Å². The monoisotopic (exact) mass is 512 g/mol. The van der Waals surface area contributed by atoms with Gasteiger partial charge in [-0.05, 0) is 36.8 Å². The van der Waals surface area contributed by atoms with Crippen molar-refractivity contribution in [2.24, 2.45) is 0 Å². The summed E-state index contributed by atoms with van der Waals surface area (Å²) in [6, 6.07) is 5.72. The van der Waals surface area contributed by atoms with Gasteiger partial charge in [-0.3, -0.25) is 0 Å². The van der Waals surface area contributed by atoms with Crippen LogP contribution in [0.4, 0.5) is 13.6 Å². The SMILES string of the molecule is COC(=O)c1coc(-c2cc(F)c(-c3nc4cc(C)ccn4c3CC3CN(C(=O)O)CCO3)c(F)c2)n1. The maximum Gasteiger partial charge on any atom is 0.407 e. The van der Waals surface area contributed by atoms with Crippen LogP contribution in [0.25, 0.3) is 28.4 Å². The minimum Gasteiger partial charge on any atom is -0.465 e. The number of benzene rings is 1. The highest BCUT2D eigenvalue weighted by atomic mass is 19.1. The number of nitrogens with zero attached hydrogens (tertiary/aromatic N) is 4. The van der Waals surface area contributed by atoms with Gasteiger partial charge in [0.2, 0.25) is 5.89 Å². The van der Waals surface area contributed by atoms with E-state index < -0.39 is 29.8 Å². The van der Waals surface area contributed by atoms with Gasteiger partial charge in [0.15, 0.2) is 5.69 Å². The smallest absolute Gasteiger partial charge is 0.407 e. The number of ether oxygens (including phenoxy) is 2. The van der Waals surface area contributed by atoms with Gasteiger partial charge in [0.05, 0.1) is 43.3 Å². The van der Waals surface area contributed by atoms with E-state index in [-0.39, 0.29) is 54.5 Å². The number of hydrogen-bond acceptors (Lipinski definition) is 7. The van der Waals surface area contributed by atoms with Crippen molar-refractivity contribution < 1.29 is 37.4 Å². The quantitative estimate of drug-likeness (QED) is 0.399. The van der Waals surface area contributed by atoms with Crippen LogP contribution < -0.4 is 0 Å². The van der Waals surface area contributed by atoms with Crippen LogP contribution in [0.5, 0.6) is 0 Å². The van der Waals surface area contributed by atoms with Crippen molar-refractivity contribution in [1.29, 1.82) is 0 Å². The summed E-state index contributed by atoms with van der Waals surface area (Å²) in [6.07, 6.45) is 1.38. The standard InChI is InChI=1S/C25H22F2N4O6/c1-13-3-4-31-19(10-15-11-30(25(33)34)5-6-36-15)22(29-20(31)7-13)21-16(26)8-14(9-17(21)27)23-28-18(12-37-23)24(32)35-2/h3-4,7-9,12,15H,5-6,10-11H2,1-2H3,(H,33,34). The highest BCUT2D eigenvalue weighted by Gasteiger charge is 2.29. The third-order valence-electron chi connectivity index (χ3n) is 6.14. The zero-order valence-electron chi connectivity index (χ0n) is 19.9. The Bertz CT molecular complexity index is 1490. The minimum atomic E-state index is -1.06. The average molecular weight is 512 g/mol. The number of amides is 1. The number of hydrogen-bond donors (Lipinski definition) is 1. The number of morpholine rings is 1. The molecule has 1 N–H and O–H groups in total. The van der Waals surface area contributed by atoms with Crippen molar-refractivity contribution >= 4 is 17.7 Å². The van der Waals surface area contributed by atoms with Crippen molar-refractivity contribution in [3.05, 3.63) is 65.3 Å². The molecule has 5 rings (SSSR count). The third kappa shape index (κ3) is 4.62. The van der Waals surface area contributed by atoms with Crippen LogP contribution in [0.15, 0.2) is 41.1 Å². The zero-order chi connectivity index (χ0) is 26.3. The molecule has 3 aromatic heterocycles. The Morgan fingerprint density at radius 2 is 1.97 bits per heavy atom. The first kappa shape index (κ1) is 24.4. The normalized spacial score (nSPS) is 15.8. The summed E-state index contributed by atoms with van der Waals surface area (Å²) in [5.41, 5.74) is 1.43. The molecule has 0 aliphatic carbocycles. The van der Waals surface area contributed by atoms with Crippen molar-refractivity contribution in [1.82, 2.24) is 19.3 Å². The lowest BCUT2D eigenvalue weighted by molar-refractivity contribution is -0.0214. The number of rotatable bonds is 5. The Morgan fingerprint density at radius 1 is 1.22 bits per heavy atom. The summed E-state index contributed by atoms with van der Waals surface area (Å²) in [5, 5.41) is 9.37. The molecule has 37 heavy (non-hydrogen) atoms. The number of imidazole rings is 1. The van der Waals surface area contributed by atoms with E-state index in [4.69, 9.17) is 9.15 Å². The predicted octanol–water partition coefficient (Wildman–Crippen LogP) is 3.95. The van der Waals surface area contributed by atoms with E-state index in [9.17, 15) is 14.7 Å². The van der Waals surface area contributed by atoms with Gasteiger partial charge >= 0.3 is 12.1 Å². The number of aryl methyl sites for hydroxylation is 1. The maximum absolute atomic E-state index is 15.5. The zero-order valence-corrected chi connectivity index (χ0v) is 19.9. The molecule has 0 spiro atoms. The molecular weight excluding hydrogens is 490 g/mol. The molecule has 1 saturated heterocycles. The van der Waals surface area contributed by atoms with Gasteiger partial charge in [-0.2, -0.15) is 0 Å². The number of oxazole rings is 1. The second-order valence-corrected chi connectivity index (χ2v) is 8.61. The van der Waals surface area contributed by atoms with Gasteiger partial charge in [-0.1, -0.05) is 0 Å². The number of carbonyl (C=O) groups is 2. The topological polar surface area (TPSA) is 119 Å². The Morgan fingerprint density at radius 3 is 2.68 bits per heavy atom. The number of carboxylic acid groups (broad SMARTS) is 1. The first-order valence-electron chi connectivity index (χ1n) is 11.4. The van der Waals surface area contributed by atoms with Gasteiger partial charge < -0.3 is 28.3 Å². The Balaban J connectivity index is 1.57. The molecule has 1 unspecified atom stereocenters. The van der Waals surface area contributed by atoms with Crippen LogP contribution in [0, 0.1) is 18.6 Å². The van der Waals surface area contributed by atoms with Crippen LogP contribution in [0.2, 0.25) is 0 Å². The Hall–Kier alpha value is -4.32. The second kappa shape index (κ2) is 9.62. The molecular formula is C25H22F2N4O6. The van der Waals surface area contributed by atoms with Crippen molar-refractivity contribution in [2.75, 3.05) is 26.8 Å². The summed E-state index contributed by atoms with van der Waals surface area (Å²) < 4.78 is 48.2. The van der Waals surface area contributed by atoms with E-state index in [2.05, 4.69) is 14.7 Å². The number of carbonyl (C=O) groups excluding carboxylic acids is 1. The van der Waals surface area contributed by atoms with Crippen LogP contribution in [0.3, 0.4) is 0 Å². The fourth-order valence-corrected chi connectivity index (χ4v) is 4.35. The lowest BCUT2D eigenvalue weighted by Gasteiger charge is -2.31. The number of methoxy groups -OCH3 is 1. The molecule has 1 aromatic carbocycles. The molecule has 0 bridgehead atoms. The third-order valence-corrected chi connectivity index (χ3v) is 6.14. The molecule has 192 valence electrons. The van der Waals surface area contributed by atoms with E-state index >= 15 is 8.78 Å². The van der Waals surface area contributed by atoms with E-state index in [0.717, 1.165) is 24.0 Å². The lowest BCUT2D eigenvalue weighted by Crippen LogP contribution is -2.45. The molecule has 1 amide bonds. The molecule has 1 fully saturated rings. The number of pyridine rings is 1. The Kier molecular flexibility index (Phi) is 6.34. The molecule has 0 saturated carbocycles. The minimum absolute atomic E-state index is 0.0113. The van der Waals surface area contributed by atoms with Crippen molar-refractivity contribution in [3.63, 3.8) is 0 Å². The maximum atomic E-state index is 15.5. The molecule has 1 aliphatic heterocycles. The van der Waals surface area contributed by atoms with E-state index in [0.29, 0.717) is 11.3 Å². The first-order chi connectivity index (χ1) is 17.7. The summed E-state index contributed by atoms with van der Waals surface area (Å²) in [5.74, 6) is -2.72. The Labute approximate surface area is 209 Å². The van der Waals surface area contributed by atoms with Crippen molar-refractivity contribution in [3.8, 4) is 22.7 Å². The van der Waals surface area contributed by atoms with Crippen LogP contribution in [-0.4, -0.2) is 69.3 Å². The second-order valence-electron chi connectivity index (χ2n) is 8.61. The van der Waals surface area contributed by atoms with E-state index in [1.165, 1.54) is 12.0 Å². The molecule has 4 aromatic rings. The summed E-state index contributed by atoms with van der Waals surface area (Å²) >= 11 is 0. The molecule has 4 heterocycles. The number of esters is 1. The fourth-order valence-electron chi connectivity index (χ4n) is 4.35. The predicted molar refractivity (Wildman–Crippen MR) is 125 cm³/mol. The van der Waals surface area contributed by atoms with Gasteiger partial charge in [-0.15, -0.1) is 0 Å². The van der Waals surface area contributed by atoms with Gasteiger partial charge in [0, 0.05) is 24.7 Å². The first-order valence-corrected chi connectivity index (χ1v) is 11.4. The molecule has 12 heteroatoms. The van der Waals surface area contributed by atoms with Gasteiger partial charge in [0.25, 0.3) is 0 Å². The van der Waals surface area contributed by atoms with Crippen molar-refractivity contribution in [2.45, 2.75) is 19.4 Å². The largest absolute Gasteiger partial charge is 0.465 e. The summed E-state index contributed by atoms with van der Waals surface area (Å²) in [4.78, 5) is 32.8. The molecule has 1 atom stereocenters. The van der Waals surface area contributed by atoms with Crippen LogP contribution >= 0.6 is 0 Å². The highest BCUT2D eigenvalue weighted by Crippen LogP contribution is 2.34. The number of aromatic nitrogens is 3. The van der Waals surface area contributed by atoms with E-state index in [1.54, 1.807) is 16.7 Å². The van der Waals surface area contributed by atoms with Crippen LogP contribution in [0.1, 0.15) is 21.7 Å². The number of fused-ring (bicyclic) bond motifs is 1. The lowest BCUT2D eigenvalue weighted by atomic mass is 10.0. The number of halogens is 2.